The van der Waals surface area contributed by atoms with Gasteiger partial charge in [-0.3, -0.25) is 10.1 Å². The predicted molar refractivity (Wildman–Crippen MR) is 85.2 cm³/mol. The van der Waals surface area contributed by atoms with E-state index in [1.54, 1.807) is 30.8 Å². The molecular weight excluding hydrogens is 302 g/mol. The summed E-state index contributed by atoms with van der Waals surface area (Å²) in [5.74, 6) is -0.690. The van der Waals surface area contributed by atoms with Crippen molar-refractivity contribution < 1.29 is 14.5 Å². The van der Waals surface area contributed by atoms with Crippen molar-refractivity contribution in [3.8, 4) is 0 Å². The second-order valence-corrected chi connectivity index (χ2v) is 5.53. The number of carbonyl (C=O) groups is 1. The van der Waals surface area contributed by atoms with Gasteiger partial charge >= 0.3 is 5.97 Å². The van der Waals surface area contributed by atoms with Crippen LogP contribution in [-0.4, -0.2) is 17.1 Å². The summed E-state index contributed by atoms with van der Waals surface area (Å²) in [6, 6.07) is 12.2. The number of ether oxygens (including phenoxy) is 1. The maximum absolute atomic E-state index is 12.1. The van der Waals surface area contributed by atoms with Gasteiger partial charge in [-0.1, -0.05) is 24.3 Å². The molecule has 0 aromatic heterocycles. The molecule has 0 N–H and O–H groups in total. The standard InChI is InChI=1S/C16H15NO4S/c1-11-4-3-5-14(15(11)17(19)20)16(18)21-10-12-6-8-13(22-2)9-7-12/h3-9H,10H2,1-2H3. The molecule has 22 heavy (non-hydrogen) atoms. The lowest BCUT2D eigenvalue weighted by Gasteiger charge is -2.07. The average Bonchev–Trinajstić information content (AvgIpc) is 2.52. The van der Waals surface area contributed by atoms with E-state index in [0.29, 0.717) is 5.56 Å². The molecule has 0 saturated heterocycles. The van der Waals surface area contributed by atoms with Crippen molar-refractivity contribution in [2.24, 2.45) is 0 Å². The molecule has 0 saturated carbocycles. The Kier molecular flexibility index (Phi) is 5.16. The van der Waals surface area contributed by atoms with Gasteiger partial charge in [0.05, 0.1) is 4.92 Å². The minimum atomic E-state index is -0.690. The van der Waals surface area contributed by atoms with Crippen molar-refractivity contribution in [2.75, 3.05) is 6.26 Å². The minimum absolute atomic E-state index is 0.0225. The predicted octanol–water partition coefficient (Wildman–Crippen LogP) is 3.98. The first-order valence-corrected chi connectivity index (χ1v) is 7.79. The summed E-state index contributed by atoms with van der Waals surface area (Å²) in [7, 11) is 0. The molecule has 0 bridgehead atoms. The van der Waals surface area contributed by atoms with Crippen LogP contribution >= 0.6 is 11.8 Å². The number of hydrogen-bond acceptors (Lipinski definition) is 5. The lowest BCUT2D eigenvalue weighted by molar-refractivity contribution is -0.385. The fraction of sp³-hybridized carbons (Fsp3) is 0.188. The van der Waals surface area contributed by atoms with Gasteiger partial charge in [0.2, 0.25) is 0 Å². The van der Waals surface area contributed by atoms with Crippen LogP contribution in [0, 0.1) is 17.0 Å². The fourth-order valence-corrected chi connectivity index (χ4v) is 2.42. The van der Waals surface area contributed by atoms with Gasteiger partial charge in [-0.15, -0.1) is 11.8 Å². The minimum Gasteiger partial charge on any atom is -0.457 e. The van der Waals surface area contributed by atoms with Crippen LogP contribution in [0.5, 0.6) is 0 Å². The Labute approximate surface area is 132 Å². The number of benzene rings is 2. The summed E-state index contributed by atoms with van der Waals surface area (Å²) in [6.45, 7) is 1.68. The summed E-state index contributed by atoms with van der Waals surface area (Å²) in [6.07, 6.45) is 1.98. The Morgan fingerprint density at radius 1 is 1.23 bits per heavy atom. The first-order chi connectivity index (χ1) is 10.5. The number of esters is 1. The number of nitrogens with zero attached hydrogens (tertiary/aromatic N) is 1. The topological polar surface area (TPSA) is 69.4 Å². The van der Waals surface area contributed by atoms with E-state index < -0.39 is 10.9 Å². The smallest absolute Gasteiger partial charge is 0.345 e. The molecule has 0 spiro atoms. The van der Waals surface area contributed by atoms with Crippen LogP contribution in [0.25, 0.3) is 0 Å². The number of para-hydroxylation sites is 1. The molecule has 0 unspecified atom stereocenters. The molecule has 0 aliphatic heterocycles. The lowest BCUT2D eigenvalue weighted by Crippen LogP contribution is -2.09. The van der Waals surface area contributed by atoms with E-state index in [2.05, 4.69) is 0 Å². The molecule has 5 nitrogen and oxygen atoms in total. The van der Waals surface area contributed by atoms with Crippen molar-refractivity contribution >= 4 is 23.4 Å². The van der Waals surface area contributed by atoms with Gasteiger partial charge in [0.15, 0.2) is 0 Å². The van der Waals surface area contributed by atoms with Crippen LogP contribution in [0.15, 0.2) is 47.4 Å². The highest BCUT2D eigenvalue weighted by molar-refractivity contribution is 7.98. The van der Waals surface area contributed by atoms with E-state index in [0.717, 1.165) is 10.5 Å². The van der Waals surface area contributed by atoms with Crippen molar-refractivity contribution in [1.82, 2.24) is 0 Å². The molecule has 0 aliphatic rings. The molecule has 2 aromatic rings. The van der Waals surface area contributed by atoms with Gasteiger partial charge in [-0.2, -0.15) is 0 Å². The van der Waals surface area contributed by atoms with Crippen LogP contribution in [0.4, 0.5) is 5.69 Å². The SMILES string of the molecule is CSc1ccc(COC(=O)c2cccc(C)c2[N+](=O)[O-])cc1. The van der Waals surface area contributed by atoms with Gasteiger partial charge in [0.1, 0.15) is 12.2 Å². The molecule has 0 fully saturated rings. The van der Waals surface area contributed by atoms with Gasteiger partial charge in [-0.05, 0) is 36.9 Å². The highest BCUT2D eigenvalue weighted by atomic mass is 32.2. The molecule has 0 aliphatic carbocycles. The second kappa shape index (κ2) is 7.09. The molecule has 6 heteroatoms. The van der Waals surface area contributed by atoms with Crippen molar-refractivity contribution in [3.63, 3.8) is 0 Å². The Balaban J connectivity index is 2.12. The van der Waals surface area contributed by atoms with E-state index in [9.17, 15) is 14.9 Å². The van der Waals surface area contributed by atoms with E-state index in [1.165, 1.54) is 6.07 Å². The zero-order chi connectivity index (χ0) is 16.1. The Bertz CT molecular complexity index is 698. The van der Waals surface area contributed by atoms with Crippen molar-refractivity contribution in [1.29, 1.82) is 0 Å². The summed E-state index contributed by atoms with van der Waals surface area (Å²) in [4.78, 5) is 23.7. The van der Waals surface area contributed by atoms with Gasteiger partial charge < -0.3 is 4.74 Å². The Morgan fingerprint density at radius 3 is 2.50 bits per heavy atom. The van der Waals surface area contributed by atoms with Crippen LogP contribution < -0.4 is 0 Å². The number of nitro groups is 1. The molecule has 0 radical (unpaired) electrons. The molecule has 2 aromatic carbocycles. The monoisotopic (exact) mass is 317 g/mol. The number of thioether (sulfide) groups is 1. The van der Waals surface area contributed by atoms with E-state index in [4.69, 9.17) is 4.74 Å². The maximum Gasteiger partial charge on any atom is 0.345 e. The third-order valence-corrected chi connectivity index (χ3v) is 3.91. The fourth-order valence-electron chi connectivity index (χ4n) is 2.01. The lowest BCUT2D eigenvalue weighted by atomic mass is 10.1. The Morgan fingerprint density at radius 2 is 1.91 bits per heavy atom. The molecule has 0 heterocycles. The number of rotatable bonds is 5. The summed E-state index contributed by atoms with van der Waals surface area (Å²) >= 11 is 1.62. The quantitative estimate of drug-likeness (QED) is 0.361. The Hall–Kier alpha value is -2.34. The highest BCUT2D eigenvalue weighted by Crippen LogP contribution is 2.24. The first kappa shape index (κ1) is 16.0. The van der Waals surface area contributed by atoms with E-state index >= 15 is 0 Å². The summed E-state index contributed by atoms with van der Waals surface area (Å²) in [5, 5.41) is 11.1. The third-order valence-electron chi connectivity index (χ3n) is 3.17. The highest BCUT2D eigenvalue weighted by Gasteiger charge is 2.23. The first-order valence-electron chi connectivity index (χ1n) is 6.57. The molecule has 0 amide bonds. The van der Waals surface area contributed by atoms with Gasteiger partial charge in [0.25, 0.3) is 5.69 Å². The normalized spacial score (nSPS) is 10.3. The molecular formula is C16H15NO4S. The van der Waals surface area contributed by atoms with Crippen LogP contribution in [0.2, 0.25) is 0 Å². The van der Waals surface area contributed by atoms with Gasteiger partial charge in [-0.25, -0.2) is 4.79 Å². The van der Waals surface area contributed by atoms with Crippen LogP contribution in [0.1, 0.15) is 21.5 Å². The van der Waals surface area contributed by atoms with Gasteiger partial charge in [0, 0.05) is 10.5 Å². The zero-order valence-electron chi connectivity index (χ0n) is 12.2. The summed E-state index contributed by atoms with van der Waals surface area (Å²) in [5.41, 5.74) is 1.04. The number of aryl methyl sites for hydroxylation is 1. The maximum atomic E-state index is 12.1. The molecule has 2 rings (SSSR count). The average molecular weight is 317 g/mol. The zero-order valence-corrected chi connectivity index (χ0v) is 13.1. The number of carbonyl (C=O) groups excluding carboxylic acids is 1. The van der Waals surface area contributed by atoms with Crippen molar-refractivity contribution in [3.05, 3.63) is 69.3 Å². The summed E-state index contributed by atoms with van der Waals surface area (Å²) < 4.78 is 5.18. The molecule has 114 valence electrons. The largest absolute Gasteiger partial charge is 0.457 e. The number of nitro benzene ring substituents is 1. The van der Waals surface area contributed by atoms with E-state index in [1.807, 2.05) is 30.5 Å². The second-order valence-electron chi connectivity index (χ2n) is 4.65. The number of hydrogen-bond donors (Lipinski definition) is 0. The third kappa shape index (κ3) is 3.65. The molecule has 0 atom stereocenters. The van der Waals surface area contributed by atoms with E-state index in [-0.39, 0.29) is 17.9 Å². The van der Waals surface area contributed by atoms with Crippen LogP contribution in [-0.2, 0) is 11.3 Å². The van der Waals surface area contributed by atoms with Crippen molar-refractivity contribution in [2.45, 2.75) is 18.4 Å². The van der Waals surface area contributed by atoms with Crippen LogP contribution in [0.3, 0.4) is 0 Å².